The van der Waals surface area contributed by atoms with Gasteiger partial charge in [0.15, 0.2) is 0 Å². The summed E-state index contributed by atoms with van der Waals surface area (Å²) in [6.45, 7) is 1.21. The fraction of sp³-hybridized carbons (Fsp3) is 0.900. The molecule has 1 aliphatic rings. The van der Waals surface area contributed by atoms with E-state index in [4.69, 9.17) is 4.74 Å². The SMILES string of the molecule is O=C(CCCCBr)NCC1(O)CCOC1. The lowest BCUT2D eigenvalue weighted by Gasteiger charge is -2.20. The van der Waals surface area contributed by atoms with Gasteiger partial charge in [0.05, 0.1) is 6.61 Å². The summed E-state index contributed by atoms with van der Waals surface area (Å²) in [5.74, 6) is 0.0104. The largest absolute Gasteiger partial charge is 0.386 e. The molecule has 4 nitrogen and oxygen atoms in total. The zero-order valence-corrected chi connectivity index (χ0v) is 10.4. The number of aliphatic hydroxyl groups is 1. The Morgan fingerprint density at radius 1 is 1.53 bits per heavy atom. The third-order valence-electron chi connectivity index (χ3n) is 2.48. The molecule has 0 aromatic carbocycles. The summed E-state index contributed by atoms with van der Waals surface area (Å²) in [4.78, 5) is 11.3. The monoisotopic (exact) mass is 279 g/mol. The van der Waals surface area contributed by atoms with Crippen LogP contribution in [0.2, 0.25) is 0 Å². The maximum Gasteiger partial charge on any atom is 0.220 e. The topological polar surface area (TPSA) is 58.6 Å². The van der Waals surface area contributed by atoms with Crippen LogP contribution in [0, 0.1) is 0 Å². The van der Waals surface area contributed by atoms with Crippen LogP contribution in [0.3, 0.4) is 0 Å². The molecule has 0 aromatic heterocycles. The van der Waals surface area contributed by atoms with E-state index in [1.807, 2.05) is 0 Å². The van der Waals surface area contributed by atoms with Gasteiger partial charge in [-0.25, -0.2) is 0 Å². The van der Waals surface area contributed by atoms with E-state index >= 15 is 0 Å². The molecule has 2 N–H and O–H groups in total. The average molecular weight is 280 g/mol. The van der Waals surface area contributed by atoms with Crippen molar-refractivity contribution in [2.24, 2.45) is 0 Å². The first-order chi connectivity index (χ1) is 7.16. The van der Waals surface area contributed by atoms with Gasteiger partial charge >= 0.3 is 0 Å². The lowest BCUT2D eigenvalue weighted by molar-refractivity contribution is -0.122. The Bertz CT molecular complexity index is 205. The summed E-state index contributed by atoms with van der Waals surface area (Å²) in [5, 5.41) is 13.5. The standard InChI is InChI=1S/C10H18BrNO3/c11-5-2-1-3-9(13)12-7-10(14)4-6-15-8-10/h14H,1-8H2,(H,12,13). The van der Waals surface area contributed by atoms with E-state index in [-0.39, 0.29) is 5.91 Å². The molecule has 0 aromatic rings. The van der Waals surface area contributed by atoms with Crippen LogP contribution in [0.4, 0.5) is 0 Å². The van der Waals surface area contributed by atoms with E-state index in [1.54, 1.807) is 0 Å². The Kier molecular flexibility index (Phi) is 5.56. The molecule has 0 radical (unpaired) electrons. The van der Waals surface area contributed by atoms with Gasteiger partial charge in [0, 0.05) is 31.3 Å². The van der Waals surface area contributed by atoms with Crippen LogP contribution >= 0.6 is 15.9 Å². The van der Waals surface area contributed by atoms with Crippen LogP contribution in [0.5, 0.6) is 0 Å². The number of ether oxygens (including phenoxy) is 1. The summed E-state index contributed by atoms with van der Waals surface area (Å²) in [5.41, 5.74) is -0.842. The maximum atomic E-state index is 11.3. The molecular formula is C10H18BrNO3. The molecule has 0 aliphatic carbocycles. The third-order valence-corrected chi connectivity index (χ3v) is 3.05. The number of unbranched alkanes of at least 4 members (excludes halogenated alkanes) is 1. The van der Waals surface area contributed by atoms with Gasteiger partial charge in [-0.3, -0.25) is 4.79 Å². The molecule has 1 unspecified atom stereocenters. The van der Waals surface area contributed by atoms with Crippen LogP contribution in [-0.2, 0) is 9.53 Å². The second kappa shape index (κ2) is 6.45. The molecule has 1 heterocycles. The predicted octanol–water partition coefficient (Wildman–Crippen LogP) is 0.819. The van der Waals surface area contributed by atoms with Gasteiger partial charge in [0.1, 0.15) is 5.60 Å². The van der Waals surface area contributed by atoms with E-state index in [9.17, 15) is 9.90 Å². The van der Waals surface area contributed by atoms with Crippen LogP contribution in [0.25, 0.3) is 0 Å². The van der Waals surface area contributed by atoms with Crippen LogP contribution < -0.4 is 5.32 Å². The van der Waals surface area contributed by atoms with E-state index in [2.05, 4.69) is 21.2 Å². The van der Waals surface area contributed by atoms with E-state index < -0.39 is 5.60 Å². The fourth-order valence-electron chi connectivity index (χ4n) is 1.47. The number of nitrogens with one attached hydrogen (secondary N) is 1. The molecule has 1 aliphatic heterocycles. The number of carbonyl (C=O) groups excluding carboxylic acids is 1. The normalized spacial score (nSPS) is 25.5. The minimum atomic E-state index is -0.842. The molecule has 5 heteroatoms. The van der Waals surface area contributed by atoms with Gasteiger partial charge in [-0.05, 0) is 12.8 Å². The summed E-state index contributed by atoms with van der Waals surface area (Å²) in [6, 6.07) is 0. The number of rotatable bonds is 6. The minimum absolute atomic E-state index is 0.0104. The van der Waals surface area contributed by atoms with Crippen LogP contribution in [0.1, 0.15) is 25.7 Å². The van der Waals surface area contributed by atoms with Crippen molar-refractivity contribution in [1.29, 1.82) is 0 Å². The van der Waals surface area contributed by atoms with Gasteiger partial charge < -0.3 is 15.2 Å². The Hall–Kier alpha value is -0.130. The van der Waals surface area contributed by atoms with Gasteiger partial charge in [0.25, 0.3) is 0 Å². The minimum Gasteiger partial charge on any atom is -0.386 e. The Morgan fingerprint density at radius 3 is 2.93 bits per heavy atom. The molecule has 1 amide bonds. The predicted molar refractivity (Wildman–Crippen MR) is 61.0 cm³/mol. The third kappa shape index (κ3) is 4.95. The number of hydrogen-bond donors (Lipinski definition) is 2. The number of alkyl halides is 1. The summed E-state index contributed by atoms with van der Waals surface area (Å²) in [6.07, 6.45) is 3.02. The Morgan fingerprint density at radius 2 is 2.33 bits per heavy atom. The van der Waals surface area contributed by atoms with E-state index in [1.165, 1.54) is 0 Å². The van der Waals surface area contributed by atoms with E-state index in [0.717, 1.165) is 18.2 Å². The van der Waals surface area contributed by atoms with Crippen molar-refractivity contribution in [3.63, 3.8) is 0 Å². The average Bonchev–Trinajstić information content (AvgIpc) is 2.64. The number of carbonyl (C=O) groups is 1. The Balaban J connectivity index is 2.10. The van der Waals surface area contributed by atoms with Crippen molar-refractivity contribution in [1.82, 2.24) is 5.32 Å². The fourth-order valence-corrected chi connectivity index (χ4v) is 1.86. The molecule has 0 saturated carbocycles. The van der Waals surface area contributed by atoms with Crippen molar-refractivity contribution in [3.8, 4) is 0 Å². The lowest BCUT2D eigenvalue weighted by atomic mass is 10.0. The number of amides is 1. The molecule has 0 bridgehead atoms. The molecule has 15 heavy (non-hydrogen) atoms. The first-order valence-corrected chi connectivity index (χ1v) is 6.41. The molecule has 0 spiro atoms. The van der Waals surface area contributed by atoms with Gasteiger partial charge in [-0.15, -0.1) is 0 Å². The molecular weight excluding hydrogens is 262 g/mol. The number of halogens is 1. The highest BCUT2D eigenvalue weighted by Crippen LogP contribution is 2.16. The molecule has 1 fully saturated rings. The highest BCUT2D eigenvalue weighted by Gasteiger charge is 2.32. The molecule has 1 rings (SSSR count). The maximum absolute atomic E-state index is 11.3. The van der Waals surface area contributed by atoms with Crippen LogP contribution in [-0.4, -0.2) is 41.7 Å². The zero-order valence-electron chi connectivity index (χ0n) is 8.80. The smallest absolute Gasteiger partial charge is 0.220 e. The lowest BCUT2D eigenvalue weighted by Crippen LogP contribution is -2.43. The quantitative estimate of drug-likeness (QED) is 0.559. The molecule has 1 atom stereocenters. The Labute approximate surface area is 98.5 Å². The van der Waals surface area contributed by atoms with Crippen molar-refractivity contribution < 1.29 is 14.6 Å². The zero-order chi connectivity index (χ0) is 11.1. The first kappa shape index (κ1) is 12.9. The van der Waals surface area contributed by atoms with Crippen LogP contribution in [0.15, 0.2) is 0 Å². The highest BCUT2D eigenvalue weighted by molar-refractivity contribution is 9.09. The summed E-state index contributed by atoms with van der Waals surface area (Å²) >= 11 is 3.31. The van der Waals surface area contributed by atoms with Gasteiger partial charge in [-0.2, -0.15) is 0 Å². The van der Waals surface area contributed by atoms with Crippen molar-refractivity contribution in [3.05, 3.63) is 0 Å². The molecule has 88 valence electrons. The summed E-state index contributed by atoms with van der Waals surface area (Å²) in [7, 11) is 0. The second-order valence-corrected chi connectivity index (χ2v) is 4.74. The van der Waals surface area contributed by atoms with Crippen molar-refractivity contribution in [2.75, 3.05) is 25.1 Å². The van der Waals surface area contributed by atoms with Crippen molar-refractivity contribution >= 4 is 21.8 Å². The first-order valence-electron chi connectivity index (χ1n) is 5.29. The van der Waals surface area contributed by atoms with Gasteiger partial charge in [-0.1, -0.05) is 15.9 Å². The highest BCUT2D eigenvalue weighted by atomic mass is 79.9. The van der Waals surface area contributed by atoms with E-state index in [0.29, 0.717) is 32.6 Å². The second-order valence-electron chi connectivity index (χ2n) is 3.95. The van der Waals surface area contributed by atoms with Crippen molar-refractivity contribution in [2.45, 2.75) is 31.3 Å². The molecule has 1 saturated heterocycles. The number of hydrogen-bond acceptors (Lipinski definition) is 3. The summed E-state index contributed by atoms with van der Waals surface area (Å²) < 4.78 is 5.08. The van der Waals surface area contributed by atoms with Gasteiger partial charge in [0.2, 0.25) is 5.91 Å².